The molecular formula is C20H23NO5. The molecule has 3 rings (SSSR count). The Bertz CT molecular complexity index is 864. The smallest absolute Gasteiger partial charge is 0.341 e. The molecule has 1 aromatic rings. The molecule has 0 amide bonds. The maximum atomic E-state index is 12.0. The Morgan fingerprint density at radius 2 is 2.04 bits per heavy atom. The Labute approximate surface area is 152 Å². The van der Waals surface area contributed by atoms with E-state index in [1.54, 1.807) is 7.11 Å². The van der Waals surface area contributed by atoms with E-state index >= 15 is 0 Å². The molecule has 26 heavy (non-hydrogen) atoms. The molecule has 0 fully saturated rings. The second-order valence-electron chi connectivity index (χ2n) is 6.69. The van der Waals surface area contributed by atoms with Gasteiger partial charge in [0.1, 0.15) is 12.4 Å². The van der Waals surface area contributed by atoms with Crippen molar-refractivity contribution in [3.8, 4) is 5.75 Å². The van der Waals surface area contributed by atoms with E-state index in [1.807, 2.05) is 19.9 Å². The van der Waals surface area contributed by atoms with Crippen molar-refractivity contribution in [3.05, 3.63) is 45.0 Å². The van der Waals surface area contributed by atoms with Crippen molar-refractivity contribution in [1.29, 1.82) is 0 Å². The number of carboxylic acids is 1. The van der Waals surface area contributed by atoms with Crippen LogP contribution in [0.1, 0.15) is 53.2 Å². The number of hydrogen-bond acceptors (Lipinski definition) is 5. The molecule has 0 radical (unpaired) electrons. The predicted molar refractivity (Wildman–Crippen MR) is 97.2 cm³/mol. The summed E-state index contributed by atoms with van der Waals surface area (Å²) in [6, 6.07) is 0. The largest absolute Gasteiger partial charge is 0.496 e. The predicted octanol–water partition coefficient (Wildman–Crippen LogP) is 3.31. The first-order chi connectivity index (χ1) is 12.4. The van der Waals surface area contributed by atoms with Gasteiger partial charge in [-0.2, -0.15) is 0 Å². The number of carboxylic acid groups (broad SMARTS) is 1. The highest BCUT2D eigenvalue weighted by molar-refractivity contribution is 6.01. The van der Waals surface area contributed by atoms with Crippen LogP contribution < -0.4 is 10.5 Å². The fraction of sp³-hybridized carbons (Fsp3) is 0.400. The minimum atomic E-state index is -0.849. The first-order valence-corrected chi connectivity index (χ1v) is 8.64. The summed E-state index contributed by atoms with van der Waals surface area (Å²) in [5, 5.41) is 9.34. The van der Waals surface area contributed by atoms with Crippen molar-refractivity contribution in [2.24, 2.45) is 0 Å². The van der Waals surface area contributed by atoms with Crippen LogP contribution in [0.3, 0.4) is 0 Å². The molecule has 0 aromatic heterocycles. The molecule has 2 aliphatic rings. The highest BCUT2D eigenvalue weighted by Gasteiger charge is 2.30. The number of hydrogen-bond donors (Lipinski definition) is 2. The average molecular weight is 357 g/mol. The van der Waals surface area contributed by atoms with Crippen LogP contribution in [-0.4, -0.2) is 24.2 Å². The van der Waals surface area contributed by atoms with E-state index in [1.165, 1.54) is 0 Å². The highest BCUT2D eigenvalue weighted by atomic mass is 16.5. The van der Waals surface area contributed by atoms with Crippen molar-refractivity contribution < 1.29 is 24.2 Å². The van der Waals surface area contributed by atoms with Crippen molar-refractivity contribution in [2.75, 3.05) is 12.8 Å². The first-order valence-electron chi connectivity index (χ1n) is 8.64. The van der Waals surface area contributed by atoms with E-state index in [0.29, 0.717) is 35.4 Å². The highest BCUT2D eigenvalue weighted by Crippen LogP contribution is 2.40. The number of benzene rings is 1. The summed E-state index contributed by atoms with van der Waals surface area (Å²) in [5.74, 6) is -0.599. The zero-order chi connectivity index (χ0) is 19.0. The lowest BCUT2D eigenvalue weighted by atomic mass is 9.93. The van der Waals surface area contributed by atoms with Gasteiger partial charge in [0.25, 0.3) is 0 Å². The molecule has 1 heterocycles. The molecule has 0 spiro atoms. The number of allylic oxidation sites excluding steroid dienone is 3. The zero-order valence-electron chi connectivity index (χ0n) is 15.3. The number of cyclic esters (lactones) is 1. The molecule has 0 saturated heterocycles. The maximum absolute atomic E-state index is 12.0. The number of carbonyl (C=O) groups excluding carboxylic acids is 1. The third kappa shape index (κ3) is 2.85. The van der Waals surface area contributed by atoms with Gasteiger partial charge in [0.05, 0.1) is 18.4 Å². The lowest BCUT2D eigenvalue weighted by Crippen LogP contribution is -2.08. The van der Waals surface area contributed by atoms with Crippen LogP contribution in [0.2, 0.25) is 0 Å². The molecule has 138 valence electrons. The number of nitrogen functional groups attached to an aromatic ring is 1. The van der Waals surface area contributed by atoms with Crippen LogP contribution in [-0.2, 0) is 22.6 Å². The van der Waals surface area contributed by atoms with Crippen molar-refractivity contribution in [1.82, 2.24) is 0 Å². The van der Waals surface area contributed by atoms with E-state index in [4.69, 9.17) is 15.2 Å². The fourth-order valence-electron chi connectivity index (χ4n) is 3.88. The minimum Gasteiger partial charge on any atom is -0.496 e. The average Bonchev–Trinajstić information content (AvgIpc) is 3.23. The van der Waals surface area contributed by atoms with Gasteiger partial charge in [-0.05, 0) is 50.7 Å². The van der Waals surface area contributed by atoms with Gasteiger partial charge in [0.2, 0.25) is 0 Å². The van der Waals surface area contributed by atoms with Crippen LogP contribution in [0.4, 0.5) is 5.69 Å². The van der Waals surface area contributed by atoms with Gasteiger partial charge < -0.3 is 20.3 Å². The van der Waals surface area contributed by atoms with Crippen molar-refractivity contribution in [3.63, 3.8) is 0 Å². The third-order valence-corrected chi connectivity index (χ3v) is 5.28. The summed E-state index contributed by atoms with van der Waals surface area (Å²) in [6.45, 7) is 4.02. The van der Waals surface area contributed by atoms with Crippen LogP contribution >= 0.6 is 0 Å². The molecule has 1 aliphatic carbocycles. The third-order valence-electron chi connectivity index (χ3n) is 5.28. The van der Waals surface area contributed by atoms with Gasteiger partial charge in [0.15, 0.2) is 0 Å². The number of esters is 1. The maximum Gasteiger partial charge on any atom is 0.341 e. The zero-order valence-corrected chi connectivity index (χ0v) is 15.3. The fourth-order valence-corrected chi connectivity index (χ4v) is 3.88. The van der Waals surface area contributed by atoms with E-state index < -0.39 is 11.9 Å². The lowest BCUT2D eigenvalue weighted by Gasteiger charge is -2.17. The van der Waals surface area contributed by atoms with E-state index in [-0.39, 0.29) is 6.61 Å². The van der Waals surface area contributed by atoms with Crippen LogP contribution in [0, 0.1) is 6.92 Å². The normalized spacial score (nSPS) is 16.7. The van der Waals surface area contributed by atoms with E-state index in [0.717, 1.165) is 40.7 Å². The molecule has 1 aliphatic heterocycles. The first kappa shape index (κ1) is 18.0. The second-order valence-corrected chi connectivity index (χ2v) is 6.69. The number of aliphatic carboxylic acids is 1. The molecule has 1 aromatic carbocycles. The van der Waals surface area contributed by atoms with Gasteiger partial charge in [-0.3, -0.25) is 0 Å². The Morgan fingerprint density at radius 3 is 2.69 bits per heavy atom. The summed E-state index contributed by atoms with van der Waals surface area (Å²) in [5.41, 5.74) is 11.8. The lowest BCUT2D eigenvalue weighted by molar-refractivity contribution is -0.132. The minimum absolute atomic E-state index is 0.213. The summed E-state index contributed by atoms with van der Waals surface area (Å²) in [7, 11) is 1.58. The molecule has 0 bridgehead atoms. The molecule has 0 atom stereocenters. The topological polar surface area (TPSA) is 98.9 Å². The van der Waals surface area contributed by atoms with Crippen molar-refractivity contribution >= 4 is 17.6 Å². The monoisotopic (exact) mass is 357 g/mol. The van der Waals surface area contributed by atoms with E-state index in [2.05, 4.69) is 0 Å². The molecule has 3 N–H and O–H groups in total. The number of nitrogens with two attached hydrogens (primary N) is 1. The number of methoxy groups -OCH3 is 1. The standard InChI is InChI=1S/C20H23NO5/c1-10(12-5-4-6-13(12)19(22)23)7-8-14-17(21)16-15(9-26-20(16)24)11(2)18(14)25-3/h7H,4-6,8-9,21H2,1-3H3,(H,22,23). The number of rotatable bonds is 5. The van der Waals surface area contributed by atoms with E-state index in [9.17, 15) is 14.7 Å². The molecule has 0 saturated carbocycles. The van der Waals surface area contributed by atoms with Gasteiger partial charge in [-0.1, -0.05) is 11.6 Å². The summed E-state index contributed by atoms with van der Waals surface area (Å²) < 4.78 is 10.7. The Hall–Kier alpha value is -2.76. The molecule has 6 nitrogen and oxygen atoms in total. The van der Waals surface area contributed by atoms with Gasteiger partial charge in [-0.25, -0.2) is 9.59 Å². The number of ether oxygens (including phenoxy) is 2. The number of fused-ring (bicyclic) bond motifs is 1. The SMILES string of the molecule is COc1c(C)c2c(c(N)c1CC=C(C)C1=C(C(=O)O)CCC1)C(=O)OC2. The molecule has 0 unspecified atom stereocenters. The quantitative estimate of drug-likeness (QED) is 0.620. The number of carbonyl (C=O) groups is 2. The van der Waals surface area contributed by atoms with Crippen molar-refractivity contribution in [2.45, 2.75) is 46.1 Å². The Kier molecular flexibility index (Phi) is 4.76. The Balaban J connectivity index is 2.02. The second kappa shape index (κ2) is 6.86. The summed E-state index contributed by atoms with van der Waals surface area (Å²) in [4.78, 5) is 23.4. The molecule has 6 heteroatoms. The van der Waals surface area contributed by atoms with Crippen LogP contribution in [0.5, 0.6) is 5.75 Å². The Morgan fingerprint density at radius 1 is 1.35 bits per heavy atom. The molecular weight excluding hydrogens is 334 g/mol. The van der Waals surface area contributed by atoms with Gasteiger partial charge in [-0.15, -0.1) is 0 Å². The summed E-state index contributed by atoms with van der Waals surface area (Å²) >= 11 is 0. The van der Waals surface area contributed by atoms with Gasteiger partial charge >= 0.3 is 11.9 Å². The van der Waals surface area contributed by atoms with Crippen LogP contribution in [0.15, 0.2) is 22.8 Å². The van der Waals surface area contributed by atoms with Gasteiger partial charge in [0, 0.05) is 16.7 Å². The number of anilines is 1. The van der Waals surface area contributed by atoms with Crippen LogP contribution in [0.25, 0.3) is 0 Å². The summed E-state index contributed by atoms with van der Waals surface area (Å²) in [6.07, 6.45) is 4.65.